The van der Waals surface area contributed by atoms with Crippen molar-refractivity contribution in [3.8, 4) is 56.6 Å². The number of aliphatic hydroxyl groups is 2. The molecule has 6 nitrogen and oxygen atoms in total. The van der Waals surface area contributed by atoms with E-state index >= 15 is 0 Å². The van der Waals surface area contributed by atoms with E-state index in [4.69, 9.17) is 9.47 Å². The molecule has 0 aliphatic rings. The maximum Gasteiger partial charge on any atom is 0.262 e. The molecule has 0 aliphatic carbocycles. The number of nitrogens with zero attached hydrogens (tertiary/aromatic N) is 2. The van der Waals surface area contributed by atoms with Gasteiger partial charge in [0.15, 0.2) is 12.5 Å². The van der Waals surface area contributed by atoms with Gasteiger partial charge in [-0.3, -0.25) is 0 Å². The number of aromatic hydroxyl groups is 4. The van der Waals surface area contributed by atoms with Crippen LogP contribution >= 0.6 is 0 Å². The second-order valence-corrected chi connectivity index (χ2v) is 23.0. The third kappa shape index (κ3) is 8.69. The van der Waals surface area contributed by atoms with Crippen LogP contribution < -0.4 is 0 Å². The number of aromatic nitrogens is 2. The number of phenols is 2. The summed E-state index contributed by atoms with van der Waals surface area (Å²) in [6, 6.07) is 56.8. The van der Waals surface area contributed by atoms with Gasteiger partial charge in [0.05, 0.1) is 44.6 Å². The van der Waals surface area contributed by atoms with Crippen molar-refractivity contribution in [3.05, 3.63) is 195 Å². The Hall–Kier alpha value is -6.34. The normalized spacial score (nSPS) is 11.4. The molecule has 10 rings (SSSR count). The smallest absolute Gasteiger partial charge is 0.262 e. The third-order valence-electron chi connectivity index (χ3n) is 13.7. The van der Waals surface area contributed by atoms with E-state index in [-0.39, 0.29) is 52.6 Å². The van der Waals surface area contributed by atoms with Crippen LogP contribution in [0.4, 0.5) is 0 Å². The van der Waals surface area contributed by atoms with Crippen LogP contribution in [0.3, 0.4) is 0 Å². The molecule has 2 heterocycles. The molecule has 344 valence electrons. The van der Waals surface area contributed by atoms with E-state index in [0.717, 1.165) is 123 Å². The van der Waals surface area contributed by atoms with Crippen LogP contribution in [0.15, 0.2) is 158 Å². The van der Waals surface area contributed by atoms with Gasteiger partial charge in [-0.25, -0.2) is 0 Å². The van der Waals surface area contributed by atoms with E-state index in [2.05, 4.69) is 208 Å². The molecular formula is C60H62N2O4SiZr. The van der Waals surface area contributed by atoms with Crippen molar-refractivity contribution in [2.75, 3.05) is 12.5 Å². The van der Waals surface area contributed by atoms with E-state index in [9.17, 15) is 10.2 Å². The zero-order valence-corrected chi connectivity index (χ0v) is 44.0. The van der Waals surface area contributed by atoms with Crippen molar-refractivity contribution in [2.45, 2.75) is 53.6 Å². The molecule has 10 aromatic rings. The zero-order valence-electron chi connectivity index (χ0n) is 40.5. The average Bonchev–Trinajstić information content (AvgIpc) is 3.84. The van der Waals surface area contributed by atoms with Gasteiger partial charge in [0.1, 0.15) is 11.5 Å². The monoisotopic (exact) mass is 992 g/mol. The van der Waals surface area contributed by atoms with E-state index in [0.29, 0.717) is 12.5 Å². The molecule has 0 fully saturated rings. The Labute approximate surface area is 421 Å². The Morgan fingerprint density at radius 3 is 1.04 bits per heavy atom. The maximum atomic E-state index is 12.4. The largest absolute Gasteiger partial charge is 0.585 e. The van der Waals surface area contributed by atoms with Crippen molar-refractivity contribution in [3.63, 3.8) is 0 Å². The van der Waals surface area contributed by atoms with Gasteiger partial charge in [0, 0.05) is 71.0 Å². The van der Waals surface area contributed by atoms with Gasteiger partial charge in [-0.2, -0.15) is 0 Å². The fraction of sp³-hybridized carbons (Fsp3) is 0.167. The van der Waals surface area contributed by atoms with Crippen molar-refractivity contribution in [1.29, 1.82) is 0 Å². The van der Waals surface area contributed by atoms with Crippen LogP contribution in [0.25, 0.3) is 77.2 Å². The predicted octanol–water partition coefficient (Wildman–Crippen LogP) is 15.5. The van der Waals surface area contributed by atoms with Crippen LogP contribution in [0, 0.1) is 42.5 Å². The summed E-state index contributed by atoms with van der Waals surface area (Å²) >= 11 is 0. The predicted molar refractivity (Wildman–Crippen MR) is 287 cm³/mol. The molecule has 0 aliphatic heterocycles. The van der Waals surface area contributed by atoms with E-state index in [1.165, 1.54) is 0 Å². The topological polar surface area (TPSA) is 75.9 Å². The average molecular weight is 994 g/mol. The number of hydrogen-bond donors (Lipinski definition) is 2. The third-order valence-corrected chi connectivity index (χ3v) is 18.3. The molecule has 4 N–H and O–H groups in total. The SMILES string of the molecule is CC[Si](CC)(C[OH+]c1ccc(C)cc1-c1cc(C)cc(-n2c3ccccc3c3ccccc32)c1O)C[OH+]c1ccc(C)cc1-c1cc(C)cc(-n2c3ccccc3c3ccccc32)c1O.[CH3-].[CH3-].[Zr]. The minimum Gasteiger partial charge on any atom is -0.585 e. The van der Waals surface area contributed by atoms with Crippen LogP contribution in [0.5, 0.6) is 23.0 Å². The maximum absolute atomic E-state index is 12.4. The van der Waals surface area contributed by atoms with Gasteiger partial charge < -0.3 is 43.7 Å². The molecular weight excluding hydrogens is 932 g/mol. The number of fused-ring (bicyclic) bond motifs is 6. The molecule has 8 aromatic carbocycles. The van der Waals surface area contributed by atoms with Crippen molar-refractivity contribution >= 4 is 51.7 Å². The molecule has 0 amide bonds. The first-order chi connectivity index (χ1) is 31.6. The summed E-state index contributed by atoms with van der Waals surface area (Å²) in [7, 11) is -2.13. The summed E-state index contributed by atoms with van der Waals surface area (Å²) in [6.07, 6.45) is 1.39. The van der Waals surface area contributed by atoms with E-state index in [1.54, 1.807) is 0 Å². The van der Waals surface area contributed by atoms with Gasteiger partial charge in [-0.05, 0) is 123 Å². The molecule has 0 atom stereocenters. The molecule has 0 spiro atoms. The fourth-order valence-electron chi connectivity index (χ4n) is 9.89. The quantitative estimate of drug-likeness (QED) is 0.0727. The van der Waals surface area contributed by atoms with E-state index < -0.39 is 8.07 Å². The summed E-state index contributed by atoms with van der Waals surface area (Å²) < 4.78 is 15.3. The van der Waals surface area contributed by atoms with E-state index in [1.807, 2.05) is 0 Å². The molecule has 0 bridgehead atoms. The first-order valence-electron chi connectivity index (χ1n) is 22.8. The number of ether oxygens (including phenoxy) is 2. The van der Waals surface area contributed by atoms with Gasteiger partial charge in [0.25, 0.3) is 19.6 Å². The van der Waals surface area contributed by atoms with Crippen molar-refractivity contribution < 1.29 is 45.9 Å². The molecule has 0 saturated carbocycles. The molecule has 0 radical (unpaired) electrons. The van der Waals surface area contributed by atoms with Crippen molar-refractivity contribution in [2.24, 2.45) is 0 Å². The second-order valence-electron chi connectivity index (χ2n) is 18.0. The minimum absolute atomic E-state index is 0. The van der Waals surface area contributed by atoms with Crippen LogP contribution in [-0.2, 0) is 26.2 Å². The summed E-state index contributed by atoms with van der Waals surface area (Å²) in [5, 5.41) is 29.3. The van der Waals surface area contributed by atoms with Gasteiger partial charge in [0.2, 0.25) is 0 Å². The number of hydrogen-bond acceptors (Lipinski definition) is 2. The zero-order chi connectivity index (χ0) is 45.0. The van der Waals surface area contributed by atoms with Crippen LogP contribution in [0.1, 0.15) is 36.1 Å². The van der Waals surface area contributed by atoms with Gasteiger partial charge in [-0.1, -0.05) is 98.8 Å². The number of phenolic OH excluding ortho intramolecular Hbond substituents is 2. The molecule has 2 aromatic heterocycles. The van der Waals surface area contributed by atoms with Crippen molar-refractivity contribution in [1.82, 2.24) is 9.13 Å². The Morgan fingerprint density at radius 2 is 0.721 bits per heavy atom. The summed E-state index contributed by atoms with van der Waals surface area (Å²) in [6.45, 7) is 13.0. The molecule has 8 heteroatoms. The first kappa shape index (κ1) is 49.6. The Kier molecular flexibility index (Phi) is 14.6. The number of para-hydroxylation sites is 4. The number of rotatable bonds is 12. The van der Waals surface area contributed by atoms with Gasteiger partial charge in [-0.15, -0.1) is 0 Å². The van der Waals surface area contributed by atoms with Gasteiger partial charge >= 0.3 is 0 Å². The summed E-state index contributed by atoms with van der Waals surface area (Å²) in [5.41, 5.74) is 13.5. The minimum atomic E-state index is -2.13. The summed E-state index contributed by atoms with van der Waals surface area (Å²) in [5.74, 6) is 2.23. The Balaban J connectivity index is 0.00000228. The first-order valence-corrected chi connectivity index (χ1v) is 25.6. The Morgan fingerprint density at radius 1 is 0.412 bits per heavy atom. The molecule has 68 heavy (non-hydrogen) atoms. The summed E-state index contributed by atoms with van der Waals surface area (Å²) in [4.78, 5) is 0. The second kappa shape index (κ2) is 20.1. The fourth-order valence-corrected chi connectivity index (χ4v) is 12.4. The molecule has 0 unspecified atom stereocenters. The number of benzene rings is 8. The van der Waals surface area contributed by atoms with Crippen LogP contribution in [0.2, 0.25) is 12.1 Å². The van der Waals surface area contributed by atoms with Crippen LogP contribution in [-0.4, -0.2) is 49.4 Å². The Bertz CT molecular complexity index is 3120. The number of aryl methyl sites for hydroxylation is 4. The standard InChI is InChI=1S/C58H54N2O4Si.2CH3.Zr/c1-7-65(8-2,35-63-55-27-25-37(3)29-45(55)47-31-39(5)33-53(57(47)61)59-49-21-13-9-17-41(49)42-18-10-14-22-50(42)59)36-64-56-28-26-38(4)30-46(56)48-32-40(6)34-54(58(48)62)60-51-23-15-11-19-43(51)44-20-12-16-24-52(44)60;;;/h9-34,61-62H,7-8,35-36H2,1-6H3;2*1H3;/q;2*-1;/p+2. The molecule has 0 saturated heterocycles.